The lowest BCUT2D eigenvalue weighted by atomic mass is 10.00. The van der Waals surface area contributed by atoms with Gasteiger partial charge in [-0.1, -0.05) is 18.5 Å². The van der Waals surface area contributed by atoms with E-state index in [0.29, 0.717) is 15.1 Å². The third-order valence-electron chi connectivity index (χ3n) is 2.33. The van der Waals surface area contributed by atoms with Crippen molar-refractivity contribution in [3.8, 4) is 0 Å². The van der Waals surface area contributed by atoms with Crippen molar-refractivity contribution in [2.45, 2.75) is 13.3 Å². The molecule has 92 valence electrons. The largest absolute Gasteiger partial charge is 0.469 e. The molecule has 1 unspecified atom stereocenters. The van der Waals surface area contributed by atoms with Gasteiger partial charge in [0.2, 0.25) is 0 Å². The van der Waals surface area contributed by atoms with Crippen molar-refractivity contribution in [3.63, 3.8) is 0 Å². The predicted octanol–water partition coefficient (Wildman–Crippen LogP) is 3.48. The van der Waals surface area contributed by atoms with Crippen LogP contribution in [-0.2, 0) is 9.53 Å². The molecule has 0 aliphatic rings. The molecule has 1 aromatic carbocycles. The molecule has 5 heteroatoms. The minimum Gasteiger partial charge on any atom is -0.469 e. The van der Waals surface area contributed by atoms with E-state index in [1.807, 2.05) is 0 Å². The molecule has 1 atom stereocenters. The van der Waals surface area contributed by atoms with Crippen LogP contribution in [0.4, 0.5) is 0 Å². The van der Waals surface area contributed by atoms with Crippen molar-refractivity contribution in [2.24, 2.45) is 5.92 Å². The molecule has 3 nitrogen and oxygen atoms in total. The Morgan fingerprint density at radius 2 is 2.12 bits per heavy atom. The topological polar surface area (TPSA) is 43.4 Å². The predicted molar refractivity (Wildman–Crippen MR) is 69.3 cm³/mol. The molecule has 0 aliphatic carbocycles. The summed E-state index contributed by atoms with van der Waals surface area (Å²) >= 11 is 9.06. The lowest BCUT2D eigenvalue weighted by Gasteiger charge is -2.09. The number of benzene rings is 1. The fourth-order valence-electron chi connectivity index (χ4n) is 1.39. The van der Waals surface area contributed by atoms with Gasteiger partial charge in [-0.3, -0.25) is 9.59 Å². The molecule has 17 heavy (non-hydrogen) atoms. The lowest BCUT2D eigenvalue weighted by molar-refractivity contribution is -0.144. The molecule has 0 aliphatic heterocycles. The van der Waals surface area contributed by atoms with Crippen LogP contribution in [0.5, 0.6) is 0 Å². The fraction of sp³-hybridized carbons (Fsp3) is 0.333. The number of esters is 1. The third-order valence-corrected chi connectivity index (χ3v) is 3.22. The number of hydrogen-bond donors (Lipinski definition) is 0. The van der Waals surface area contributed by atoms with Gasteiger partial charge in [-0.15, -0.1) is 0 Å². The van der Waals surface area contributed by atoms with Crippen LogP contribution in [0, 0.1) is 5.92 Å². The molecule has 1 aromatic rings. The highest BCUT2D eigenvalue weighted by Gasteiger charge is 2.19. The van der Waals surface area contributed by atoms with Crippen LogP contribution >= 0.6 is 27.5 Å². The first-order valence-electron chi connectivity index (χ1n) is 5.01. The van der Waals surface area contributed by atoms with Gasteiger partial charge in [0.25, 0.3) is 0 Å². The number of rotatable bonds is 4. The molecule has 0 saturated carbocycles. The fourth-order valence-corrected chi connectivity index (χ4v) is 2.29. The van der Waals surface area contributed by atoms with Crippen molar-refractivity contribution in [3.05, 3.63) is 33.3 Å². The molecule has 0 fully saturated rings. The van der Waals surface area contributed by atoms with Crippen LogP contribution < -0.4 is 0 Å². The number of carbonyl (C=O) groups is 2. The van der Waals surface area contributed by atoms with Crippen LogP contribution in [0.15, 0.2) is 22.7 Å². The molecular formula is C12H12BrClO3. The number of hydrogen-bond acceptors (Lipinski definition) is 3. The summed E-state index contributed by atoms with van der Waals surface area (Å²) in [6.45, 7) is 1.66. The van der Waals surface area contributed by atoms with Crippen molar-refractivity contribution in [2.75, 3.05) is 7.11 Å². The van der Waals surface area contributed by atoms with Gasteiger partial charge >= 0.3 is 5.97 Å². The highest BCUT2D eigenvalue weighted by atomic mass is 79.9. The maximum Gasteiger partial charge on any atom is 0.308 e. The summed E-state index contributed by atoms with van der Waals surface area (Å²) in [6.07, 6.45) is 0.118. The molecule has 0 bridgehead atoms. The summed E-state index contributed by atoms with van der Waals surface area (Å²) in [5.74, 6) is -0.954. The van der Waals surface area contributed by atoms with Gasteiger partial charge in [0.05, 0.1) is 13.0 Å². The normalized spacial score (nSPS) is 12.0. The number of ether oxygens (including phenoxy) is 1. The van der Waals surface area contributed by atoms with Crippen LogP contribution in [-0.4, -0.2) is 18.9 Å². The van der Waals surface area contributed by atoms with Gasteiger partial charge in [0.15, 0.2) is 5.78 Å². The summed E-state index contributed by atoms with van der Waals surface area (Å²) in [7, 11) is 1.31. The summed E-state index contributed by atoms with van der Waals surface area (Å²) in [5.41, 5.74) is 0.519. The van der Waals surface area contributed by atoms with Crippen molar-refractivity contribution in [1.29, 1.82) is 0 Å². The van der Waals surface area contributed by atoms with Crippen molar-refractivity contribution < 1.29 is 14.3 Å². The monoisotopic (exact) mass is 318 g/mol. The highest BCUT2D eigenvalue weighted by Crippen LogP contribution is 2.23. The maximum atomic E-state index is 11.9. The van der Waals surface area contributed by atoms with E-state index < -0.39 is 5.92 Å². The number of Topliss-reactive ketones (excluding diaryl/α,β-unsaturated/α-hetero) is 1. The van der Waals surface area contributed by atoms with Crippen LogP contribution in [0.2, 0.25) is 5.02 Å². The van der Waals surface area contributed by atoms with Gasteiger partial charge in [-0.05, 0) is 34.1 Å². The molecule has 0 N–H and O–H groups in total. The average Bonchev–Trinajstić information content (AvgIpc) is 2.27. The Morgan fingerprint density at radius 1 is 1.47 bits per heavy atom. The lowest BCUT2D eigenvalue weighted by Crippen LogP contribution is -2.17. The van der Waals surface area contributed by atoms with E-state index in [0.717, 1.165) is 0 Å². The molecule has 1 rings (SSSR count). The first kappa shape index (κ1) is 14.2. The second-order valence-electron chi connectivity index (χ2n) is 3.68. The van der Waals surface area contributed by atoms with E-state index in [1.54, 1.807) is 25.1 Å². The zero-order valence-electron chi connectivity index (χ0n) is 9.50. The Balaban J connectivity index is 2.80. The Bertz CT molecular complexity index is 445. The minimum atomic E-state index is -0.449. The van der Waals surface area contributed by atoms with Crippen LogP contribution in [0.3, 0.4) is 0 Å². The SMILES string of the molecule is COC(=O)C(C)CC(=O)c1ccc(Cl)cc1Br. The van der Waals surface area contributed by atoms with Gasteiger partial charge < -0.3 is 4.74 Å². The minimum absolute atomic E-state index is 0.118. The van der Waals surface area contributed by atoms with Gasteiger partial charge in [-0.25, -0.2) is 0 Å². The molecule has 0 heterocycles. The number of ketones is 1. The van der Waals surface area contributed by atoms with E-state index in [4.69, 9.17) is 11.6 Å². The molecule has 0 spiro atoms. The second kappa shape index (κ2) is 6.17. The van der Waals surface area contributed by atoms with E-state index in [-0.39, 0.29) is 18.2 Å². The molecule has 0 saturated heterocycles. The van der Waals surface area contributed by atoms with Crippen LogP contribution in [0.25, 0.3) is 0 Å². The first-order chi connectivity index (χ1) is 7.95. The molecule has 0 amide bonds. The Morgan fingerprint density at radius 3 is 2.65 bits per heavy atom. The molecule has 0 radical (unpaired) electrons. The Kier molecular flexibility index (Phi) is 5.15. The average molecular weight is 320 g/mol. The maximum absolute atomic E-state index is 11.9. The highest BCUT2D eigenvalue weighted by molar-refractivity contribution is 9.10. The number of methoxy groups -OCH3 is 1. The smallest absolute Gasteiger partial charge is 0.308 e. The van der Waals surface area contributed by atoms with E-state index in [2.05, 4.69) is 20.7 Å². The summed E-state index contributed by atoms with van der Waals surface area (Å²) < 4.78 is 5.21. The number of carbonyl (C=O) groups excluding carboxylic acids is 2. The van der Waals surface area contributed by atoms with Gasteiger partial charge in [0, 0.05) is 21.5 Å². The molecule has 0 aromatic heterocycles. The quantitative estimate of drug-likeness (QED) is 0.630. The van der Waals surface area contributed by atoms with Crippen molar-refractivity contribution >= 4 is 39.3 Å². The zero-order chi connectivity index (χ0) is 13.0. The molecular weight excluding hydrogens is 307 g/mol. The first-order valence-corrected chi connectivity index (χ1v) is 6.19. The van der Waals surface area contributed by atoms with E-state index in [1.165, 1.54) is 7.11 Å². The summed E-state index contributed by atoms with van der Waals surface area (Å²) in [4.78, 5) is 23.1. The summed E-state index contributed by atoms with van der Waals surface area (Å²) in [6, 6.07) is 4.93. The Hall–Kier alpha value is -0.870. The third kappa shape index (κ3) is 3.82. The summed E-state index contributed by atoms with van der Waals surface area (Å²) in [5, 5.41) is 0.550. The van der Waals surface area contributed by atoms with Gasteiger partial charge in [0.1, 0.15) is 0 Å². The standard InChI is InChI=1S/C12H12BrClO3/c1-7(12(16)17-2)5-11(15)9-4-3-8(14)6-10(9)13/h3-4,6-7H,5H2,1-2H3. The second-order valence-corrected chi connectivity index (χ2v) is 4.97. The van der Waals surface area contributed by atoms with Crippen LogP contribution in [0.1, 0.15) is 23.7 Å². The van der Waals surface area contributed by atoms with Crippen molar-refractivity contribution in [1.82, 2.24) is 0 Å². The van der Waals surface area contributed by atoms with E-state index >= 15 is 0 Å². The number of halogens is 2. The zero-order valence-corrected chi connectivity index (χ0v) is 11.8. The van der Waals surface area contributed by atoms with E-state index in [9.17, 15) is 9.59 Å². The van der Waals surface area contributed by atoms with Gasteiger partial charge in [-0.2, -0.15) is 0 Å². The Labute approximate surface area is 113 Å².